The van der Waals surface area contributed by atoms with E-state index in [0.717, 1.165) is 12.8 Å². The van der Waals surface area contributed by atoms with Crippen molar-refractivity contribution in [2.24, 2.45) is 0 Å². The third-order valence-corrected chi connectivity index (χ3v) is 1.33. The molecule has 0 aliphatic heterocycles. The number of nitrogens with one attached hydrogen (secondary N) is 1. The van der Waals surface area contributed by atoms with Crippen LogP contribution in [0.2, 0.25) is 0 Å². The predicted octanol–water partition coefficient (Wildman–Crippen LogP) is 2.18. The molecule has 1 N–H and O–H groups in total. The maximum Gasteiger partial charge on any atom is 0.0240 e. The van der Waals surface area contributed by atoms with Crippen molar-refractivity contribution in [3.8, 4) is 11.8 Å². The van der Waals surface area contributed by atoms with E-state index in [4.69, 9.17) is 0 Å². The van der Waals surface area contributed by atoms with Gasteiger partial charge in [-0.15, -0.1) is 11.8 Å². The van der Waals surface area contributed by atoms with Crippen LogP contribution in [-0.2, 0) is 0 Å². The average molecular weight is 153 g/mol. The number of rotatable bonds is 3. The van der Waals surface area contributed by atoms with Crippen LogP contribution in [0.4, 0.5) is 0 Å². The quantitative estimate of drug-likeness (QED) is 0.613. The van der Waals surface area contributed by atoms with E-state index in [0.29, 0.717) is 12.1 Å². The molecule has 11 heavy (non-hydrogen) atoms. The summed E-state index contributed by atoms with van der Waals surface area (Å²) >= 11 is 0. The van der Waals surface area contributed by atoms with Crippen LogP contribution in [0.25, 0.3) is 0 Å². The summed E-state index contributed by atoms with van der Waals surface area (Å²) in [7, 11) is 0. The van der Waals surface area contributed by atoms with Crippen molar-refractivity contribution in [3.05, 3.63) is 0 Å². The van der Waals surface area contributed by atoms with E-state index in [2.05, 4.69) is 44.9 Å². The molecule has 1 heteroatoms. The van der Waals surface area contributed by atoms with Crippen molar-refractivity contribution in [2.75, 3.05) is 0 Å². The van der Waals surface area contributed by atoms with Gasteiger partial charge in [-0.25, -0.2) is 0 Å². The number of hydrogen-bond donors (Lipinski definition) is 1. The fraction of sp³-hybridized carbons (Fsp3) is 0.800. The van der Waals surface area contributed by atoms with Gasteiger partial charge in [0.15, 0.2) is 0 Å². The normalized spacial score (nSPS) is 12.5. The summed E-state index contributed by atoms with van der Waals surface area (Å²) in [6, 6.07) is 1.09. The van der Waals surface area contributed by atoms with Gasteiger partial charge in [-0.1, -0.05) is 20.8 Å². The molecule has 0 aliphatic carbocycles. The van der Waals surface area contributed by atoms with Gasteiger partial charge >= 0.3 is 0 Å². The maximum absolute atomic E-state index is 3.40. The van der Waals surface area contributed by atoms with Gasteiger partial charge in [0.25, 0.3) is 0 Å². The van der Waals surface area contributed by atoms with E-state index in [1.165, 1.54) is 0 Å². The molecule has 0 spiro atoms. The van der Waals surface area contributed by atoms with Crippen molar-refractivity contribution in [1.29, 1.82) is 0 Å². The molecule has 0 aliphatic rings. The molecule has 0 radical (unpaired) electrons. The van der Waals surface area contributed by atoms with Crippen LogP contribution in [0.3, 0.4) is 0 Å². The molecule has 0 aromatic heterocycles. The first-order valence-corrected chi connectivity index (χ1v) is 4.38. The van der Waals surface area contributed by atoms with Crippen molar-refractivity contribution in [2.45, 2.75) is 52.6 Å². The SMILES string of the molecule is CCC#CCC(C)NC(C)C. The van der Waals surface area contributed by atoms with Crippen LogP contribution in [0.15, 0.2) is 0 Å². The van der Waals surface area contributed by atoms with Gasteiger partial charge < -0.3 is 5.32 Å². The Morgan fingerprint density at radius 1 is 1.18 bits per heavy atom. The number of hydrogen-bond acceptors (Lipinski definition) is 1. The average Bonchev–Trinajstić information content (AvgIpc) is 1.86. The Kier molecular flexibility index (Phi) is 5.97. The van der Waals surface area contributed by atoms with Crippen LogP contribution < -0.4 is 5.32 Å². The van der Waals surface area contributed by atoms with E-state index in [9.17, 15) is 0 Å². The van der Waals surface area contributed by atoms with E-state index in [1.807, 2.05) is 0 Å². The summed E-state index contributed by atoms with van der Waals surface area (Å²) in [5, 5.41) is 3.40. The summed E-state index contributed by atoms with van der Waals surface area (Å²) in [6.45, 7) is 8.56. The smallest absolute Gasteiger partial charge is 0.0240 e. The fourth-order valence-corrected chi connectivity index (χ4v) is 0.978. The Morgan fingerprint density at radius 2 is 1.82 bits per heavy atom. The third-order valence-electron chi connectivity index (χ3n) is 1.33. The Labute approximate surface area is 70.6 Å². The highest BCUT2D eigenvalue weighted by Gasteiger charge is 1.99. The molecule has 0 saturated heterocycles. The zero-order valence-electron chi connectivity index (χ0n) is 8.07. The van der Waals surface area contributed by atoms with E-state index in [-0.39, 0.29) is 0 Å². The molecule has 0 aromatic carbocycles. The van der Waals surface area contributed by atoms with Crippen LogP contribution in [0.1, 0.15) is 40.5 Å². The molecule has 0 amide bonds. The molecular formula is C10H19N. The van der Waals surface area contributed by atoms with Gasteiger partial charge in [0.05, 0.1) is 0 Å². The lowest BCUT2D eigenvalue weighted by Gasteiger charge is -2.13. The highest BCUT2D eigenvalue weighted by molar-refractivity contribution is 4.99. The molecule has 0 rings (SSSR count). The second-order valence-corrected chi connectivity index (χ2v) is 3.13. The lowest BCUT2D eigenvalue weighted by molar-refractivity contribution is 0.497. The van der Waals surface area contributed by atoms with Gasteiger partial charge in [-0.2, -0.15) is 0 Å². The van der Waals surface area contributed by atoms with Gasteiger partial charge in [-0.05, 0) is 6.92 Å². The molecular weight excluding hydrogens is 134 g/mol. The first-order chi connectivity index (χ1) is 5.16. The fourth-order valence-electron chi connectivity index (χ4n) is 0.978. The second kappa shape index (κ2) is 6.24. The first kappa shape index (κ1) is 10.5. The second-order valence-electron chi connectivity index (χ2n) is 3.13. The lowest BCUT2D eigenvalue weighted by Crippen LogP contribution is -2.31. The highest BCUT2D eigenvalue weighted by Crippen LogP contribution is 1.90. The molecule has 1 atom stereocenters. The molecule has 0 aromatic rings. The standard InChI is InChI=1S/C10H19N/c1-5-6-7-8-10(4)11-9(2)3/h9-11H,5,8H2,1-4H3. The third kappa shape index (κ3) is 7.42. The van der Waals surface area contributed by atoms with Gasteiger partial charge in [-0.3, -0.25) is 0 Å². The summed E-state index contributed by atoms with van der Waals surface area (Å²) in [6.07, 6.45) is 1.93. The Morgan fingerprint density at radius 3 is 2.27 bits per heavy atom. The van der Waals surface area contributed by atoms with Gasteiger partial charge in [0.2, 0.25) is 0 Å². The molecule has 0 heterocycles. The predicted molar refractivity (Wildman–Crippen MR) is 50.4 cm³/mol. The highest BCUT2D eigenvalue weighted by atomic mass is 14.9. The summed E-state index contributed by atoms with van der Waals surface area (Å²) in [5.74, 6) is 6.19. The van der Waals surface area contributed by atoms with Crippen molar-refractivity contribution >= 4 is 0 Å². The van der Waals surface area contributed by atoms with E-state index in [1.54, 1.807) is 0 Å². The van der Waals surface area contributed by atoms with Gasteiger partial charge in [0, 0.05) is 24.9 Å². The van der Waals surface area contributed by atoms with E-state index >= 15 is 0 Å². The topological polar surface area (TPSA) is 12.0 Å². The minimum absolute atomic E-state index is 0.522. The molecule has 0 bridgehead atoms. The largest absolute Gasteiger partial charge is 0.311 e. The van der Waals surface area contributed by atoms with Crippen LogP contribution in [0, 0.1) is 11.8 Å². The maximum atomic E-state index is 3.40. The minimum atomic E-state index is 0.522. The van der Waals surface area contributed by atoms with Crippen molar-refractivity contribution in [1.82, 2.24) is 5.32 Å². The minimum Gasteiger partial charge on any atom is -0.311 e. The Hall–Kier alpha value is -0.480. The molecule has 0 fully saturated rings. The zero-order valence-corrected chi connectivity index (χ0v) is 8.07. The van der Waals surface area contributed by atoms with Crippen LogP contribution in [0.5, 0.6) is 0 Å². The van der Waals surface area contributed by atoms with E-state index < -0.39 is 0 Å². The van der Waals surface area contributed by atoms with Crippen molar-refractivity contribution in [3.63, 3.8) is 0 Å². The monoisotopic (exact) mass is 153 g/mol. The zero-order chi connectivity index (χ0) is 8.69. The molecule has 0 saturated carbocycles. The summed E-state index contributed by atoms with van der Waals surface area (Å²) in [4.78, 5) is 0. The first-order valence-electron chi connectivity index (χ1n) is 4.38. The summed E-state index contributed by atoms with van der Waals surface area (Å²) < 4.78 is 0. The van der Waals surface area contributed by atoms with Crippen LogP contribution >= 0.6 is 0 Å². The molecule has 64 valence electrons. The molecule has 1 unspecified atom stereocenters. The van der Waals surface area contributed by atoms with Crippen molar-refractivity contribution < 1.29 is 0 Å². The Balaban J connectivity index is 3.44. The Bertz CT molecular complexity index is 139. The summed E-state index contributed by atoms with van der Waals surface area (Å²) in [5.41, 5.74) is 0. The molecule has 1 nitrogen and oxygen atoms in total. The van der Waals surface area contributed by atoms with Gasteiger partial charge in [0.1, 0.15) is 0 Å². The van der Waals surface area contributed by atoms with Crippen LogP contribution in [-0.4, -0.2) is 12.1 Å². The lowest BCUT2D eigenvalue weighted by atomic mass is 10.2.